The number of carbonyl (C=O) groups excluding carboxylic acids is 1. The Morgan fingerprint density at radius 3 is 2.52 bits per heavy atom. The van der Waals surface area contributed by atoms with Crippen molar-refractivity contribution in [1.82, 2.24) is 4.31 Å². The molecule has 148 valence electrons. The molecule has 0 aromatic heterocycles. The Hall–Kier alpha value is -3.36. The van der Waals surface area contributed by atoms with Crippen LogP contribution < -0.4 is 10.2 Å². The van der Waals surface area contributed by atoms with Gasteiger partial charge in [-0.05, 0) is 47.5 Å². The van der Waals surface area contributed by atoms with Crippen LogP contribution in [0.3, 0.4) is 0 Å². The molecule has 0 radical (unpaired) electrons. The molecule has 3 aromatic carbocycles. The Morgan fingerprint density at radius 2 is 1.79 bits per heavy atom. The van der Waals surface area contributed by atoms with Gasteiger partial charge in [-0.1, -0.05) is 30.3 Å². The SMILES string of the molecule is COc1ccc(CN2C(=O)c3ccccc3S2(=O)=O)cc1-c1cccc(N[O-])c1. The van der Waals surface area contributed by atoms with Crippen molar-refractivity contribution in [2.75, 3.05) is 12.6 Å². The summed E-state index contributed by atoms with van der Waals surface area (Å²) in [4.78, 5) is 12.7. The predicted octanol–water partition coefficient (Wildman–Crippen LogP) is 3.62. The highest BCUT2D eigenvalue weighted by Gasteiger charge is 2.40. The lowest BCUT2D eigenvalue weighted by Crippen LogP contribution is -2.29. The Morgan fingerprint density at radius 1 is 1.00 bits per heavy atom. The van der Waals surface area contributed by atoms with Gasteiger partial charge in [-0.2, -0.15) is 0 Å². The van der Waals surface area contributed by atoms with Gasteiger partial charge in [0.2, 0.25) is 0 Å². The van der Waals surface area contributed by atoms with E-state index in [1.165, 1.54) is 19.2 Å². The zero-order valence-corrected chi connectivity index (χ0v) is 16.3. The van der Waals surface area contributed by atoms with Crippen LogP contribution in [-0.2, 0) is 16.6 Å². The van der Waals surface area contributed by atoms with Crippen LogP contribution in [-0.4, -0.2) is 25.7 Å². The number of hydrogen-bond donors (Lipinski definition) is 1. The van der Waals surface area contributed by atoms with E-state index < -0.39 is 15.9 Å². The zero-order chi connectivity index (χ0) is 20.6. The van der Waals surface area contributed by atoms with E-state index in [-0.39, 0.29) is 17.0 Å². The van der Waals surface area contributed by atoms with Crippen LogP contribution >= 0.6 is 0 Å². The van der Waals surface area contributed by atoms with Gasteiger partial charge in [0.1, 0.15) is 10.6 Å². The summed E-state index contributed by atoms with van der Waals surface area (Å²) in [5.74, 6) is 0.0196. The van der Waals surface area contributed by atoms with Crippen molar-refractivity contribution in [2.24, 2.45) is 0 Å². The van der Waals surface area contributed by atoms with Gasteiger partial charge in [0.15, 0.2) is 0 Å². The van der Waals surface area contributed by atoms with Crippen molar-refractivity contribution in [2.45, 2.75) is 11.4 Å². The Bertz CT molecular complexity index is 1210. The van der Waals surface area contributed by atoms with Crippen LogP contribution in [0, 0.1) is 5.21 Å². The van der Waals surface area contributed by atoms with Gasteiger partial charge >= 0.3 is 0 Å². The Kier molecular flexibility index (Phi) is 4.73. The quantitative estimate of drug-likeness (QED) is 0.646. The van der Waals surface area contributed by atoms with E-state index in [1.807, 2.05) is 11.5 Å². The van der Waals surface area contributed by atoms with Crippen LogP contribution in [0.15, 0.2) is 71.6 Å². The van der Waals surface area contributed by atoms with Crippen molar-refractivity contribution in [3.8, 4) is 16.9 Å². The molecule has 4 rings (SSSR count). The smallest absolute Gasteiger partial charge is 0.269 e. The molecule has 0 unspecified atom stereocenters. The summed E-state index contributed by atoms with van der Waals surface area (Å²) in [5.41, 5.74) is 4.45. The number of carbonyl (C=O) groups is 1. The minimum Gasteiger partial charge on any atom is -0.761 e. The molecule has 0 aliphatic carbocycles. The third-order valence-corrected chi connectivity index (χ3v) is 6.58. The van der Waals surface area contributed by atoms with E-state index in [9.17, 15) is 18.4 Å². The minimum atomic E-state index is -3.90. The Labute approximate surface area is 168 Å². The molecule has 1 aliphatic rings. The molecule has 3 aromatic rings. The van der Waals surface area contributed by atoms with Gasteiger partial charge in [0.25, 0.3) is 15.9 Å². The molecule has 0 saturated heterocycles. The first kappa shape index (κ1) is 19.0. The highest BCUT2D eigenvalue weighted by Crippen LogP contribution is 2.35. The van der Waals surface area contributed by atoms with Gasteiger partial charge < -0.3 is 15.4 Å². The number of sulfonamides is 1. The molecule has 0 saturated carbocycles. The molecule has 7 nitrogen and oxygen atoms in total. The summed E-state index contributed by atoms with van der Waals surface area (Å²) in [6.45, 7) is -0.105. The third kappa shape index (κ3) is 3.22. The molecule has 0 spiro atoms. The molecule has 0 bridgehead atoms. The number of nitrogens with one attached hydrogen (secondary N) is 1. The van der Waals surface area contributed by atoms with Crippen molar-refractivity contribution in [1.29, 1.82) is 0 Å². The average molecular weight is 409 g/mol. The van der Waals surface area contributed by atoms with Crippen LogP contribution in [0.5, 0.6) is 5.75 Å². The Balaban J connectivity index is 1.73. The van der Waals surface area contributed by atoms with Crippen molar-refractivity contribution >= 4 is 21.6 Å². The lowest BCUT2D eigenvalue weighted by Gasteiger charge is -2.17. The minimum absolute atomic E-state index is 0.0213. The van der Waals surface area contributed by atoms with E-state index in [2.05, 4.69) is 0 Å². The molecule has 1 amide bonds. The van der Waals surface area contributed by atoms with E-state index in [0.29, 0.717) is 22.6 Å². The van der Waals surface area contributed by atoms with Gasteiger partial charge in [-0.15, -0.1) is 0 Å². The average Bonchev–Trinajstić information content (AvgIpc) is 2.94. The number of nitrogens with zero attached hydrogens (tertiary/aromatic N) is 1. The predicted molar refractivity (Wildman–Crippen MR) is 109 cm³/mol. The summed E-state index contributed by atoms with van der Waals surface area (Å²) in [6, 6.07) is 18.2. The summed E-state index contributed by atoms with van der Waals surface area (Å²) in [6.07, 6.45) is 0. The summed E-state index contributed by atoms with van der Waals surface area (Å²) < 4.78 is 31.9. The second-order valence-corrected chi connectivity index (χ2v) is 8.36. The molecular formula is C21H17N2O5S-. The van der Waals surface area contributed by atoms with Crippen molar-refractivity contribution < 1.29 is 17.9 Å². The number of methoxy groups -OCH3 is 1. The fourth-order valence-electron chi connectivity index (χ4n) is 3.38. The van der Waals surface area contributed by atoms with E-state index in [0.717, 1.165) is 9.87 Å². The largest absolute Gasteiger partial charge is 0.761 e. The van der Waals surface area contributed by atoms with Crippen LogP contribution in [0.4, 0.5) is 5.69 Å². The van der Waals surface area contributed by atoms with E-state index in [4.69, 9.17) is 4.74 Å². The van der Waals surface area contributed by atoms with Gasteiger partial charge in [-0.25, -0.2) is 12.7 Å². The number of hydrogen-bond acceptors (Lipinski definition) is 6. The van der Waals surface area contributed by atoms with Gasteiger partial charge in [-0.3, -0.25) is 4.79 Å². The maximum absolute atomic E-state index is 12.8. The fraction of sp³-hybridized carbons (Fsp3) is 0.0952. The summed E-state index contributed by atoms with van der Waals surface area (Å²) >= 11 is 0. The first-order chi connectivity index (χ1) is 14.0. The molecule has 8 heteroatoms. The van der Waals surface area contributed by atoms with Crippen LogP contribution in [0.1, 0.15) is 15.9 Å². The van der Waals surface area contributed by atoms with Gasteiger partial charge in [0, 0.05) is 11.3 Å². The fourth-order valence-corrected chi connectivity index (χ4v) is 4.94. The maximum Gasteiger partial charge on any atom is 0.269 e. The lowest BCUT2D eigenvalue weighted by molar-refractivity contribution is 0.0865. The van der Waals surface area contributed by atoms with E-state index >= 15 is 0 Å². The number of anilines is 1. The zero-order valence-electron chi connectivity index (χ0n) is 15.5. The number of rotatable bonds is 5. The summed E-state index contributed by atoms with van der Waals surface area (Å²) in [7, 11) is -2.37. The number of ether oxygens (including phenoxy) is 1. The highest BCUT2D eigenvalue weighted by atomic mass is 32.2. The van der Waals surface area contributed by atoms with Crippen molar-refractivity contribution in [3.05, 3.63) is 83.1 Å². The van der Waals surface area contributed by atoms with Gasteiger partial charge in [0.05, 0.1) is 19.2 Å². The topological polar surface area (TPSA) is 98.8 Å². The lowest BCUT2D eigenvalue weighted by atomic mass is 10.0. The second-order valence-electron chi connectivity index (χ2n) is 6.53. The molecule has 1 heterocycles. The molecule has 1 N–H and O–H groups in total. The monoisotopic (exact) mass is 409 g/mol. The van der Waals surface area contributed by atoms with Crippen LogP contribution in [0.2, 0.25) is 0 Å². The highest BCUT2D eigenvalue weighted by molar-refractivity contribution is 7.90. The number of fused-ring (bicyclic) bond motifs is 1. The molecule has 29 heavy (non-hydrogen) atoms. The first-order valence-corrected chi connectivity index (χ1v) is 10.2. The molecule has 1 aliphatic heterocycles. The first-order valence-electron chi connectivity index (χ1n) is 8.77. The second kappa shape index (κ2) is 7.23. The van der Waals surface area contributed by atoms with E-state index in [1.54, 1.807) is 48.5 Å². The number of amides is 1. The maximum atomic E-state index is 12.8. The molecular weight excluding hydrogens is 392 g/mol. The molecule has 0 fully saturated rings. The third-order valence-electron chi connectivity index (χ3n) is 4.79. The van der Waals surface area contributed by atoms with Crippen LogP contribution in [0.25, 0.3) is 11.1 Å². The van der Waals surface area contributed by atoms with Crippen molar-refractivity contribution in [3.63, 3.8) is 0 Å². The molecule has 0 atom stereocenters. The normalized spacial score (nSPS) is 14.6. The standard InChI is InChI=1S/C21H17N2O5S/c1-28-19-10-9-14(11-18(19)15-5-4-6-16(12-15)22-25)13-23-21(24)17-7-2-3-8-20(17)29(23,26)27/h2-12,22H,13H2,1H3/q-1. The summed E-state index contributed by atoms with van der Waals surface area (Å²) in [5, 5.41) is 11.0. The number of benzene rings is 3.